The molecule has 4 aromatic rings. The molecule has 1 aliphatic rings. The van der Waals surface area contributed by atoms with E-state index >= 15 is 0 Å². The fourth-order valence-corrected chi connectivity index (χ4v) is 6.04. The van der Waals surface area contributed by atoms with E-state index in [4.69, 9.17) is 33.2 Å². The number of benzene rings is 4. The number of carbonyl (C=O) groups is 1. The molecular weight excluding hydrogens is 676 g/mol. The molecule has 0 spiro atoms. The summed E-state index contributed by atoms with van der Waals surface area (Å²) in [5.74, 6) is 5.68. The number of esters is 1. The number of methoxy groups -OCH3 is 3. The van der Waals surface area contributed by atoms with Crippen LogP contribution in [0.15, 0.2) is 109 Å². The number of aliphatic hydroxyl groups is 1. The fraction of sp³-hybridized carbons (Fsp3) is 0.372. The van der Waals surface area contributed by atoms with Crippen LogP contribution in [0.2, 0.25) is 0 Å². The fourth-order valence-electron chi connectivity index (χ4n) is 6.04. The lowest BCUT2D eigenvalue weighted by atomic mass is 9.90. The quantitative estimate of drug-likeness (QED) is 0.0563. The number of rotatable bonds is 18. The molecule has 5 rings (SSSR count). The van der Waals surface area contributed by atoms with Gasteiger partial charge in [-0.15, -0.1) is 0 Å². The van der Waals surface area contributed by atoms with Gasteiger partial charge >= 0.3 is 5.97 Å². The Morgan fingerprint density at radius 1 is 0.642 bits per heavy atom. The minimum absolute atomic E-state index is 0.0388. The summed E-state index contributed by atoms with van der Waals surface area (Å²) in [6, 6.07) is 35.1. The average Bonchev–Trinajstić information content (AvgIpc) is 3.21. The molecule has 1 fully saturated rings. The highest BCUT2D eigenvalue weighted by atomic mass is 16.6. The van der Waals surface area contributed by atoms with Crippen LogP contribution in [0.25, 0.3) is 0 Å². The van der Waals surface area contributed by atoms with E-state index in [1.165, 1.54) is 7.11 Å². The molecule has 0 amide bonds. The first-order chi connectivity index (χ1) is 25.9. The Balaban J connectivity index is 1.44. The number of hydrogen-bond donors (Lipinski definition) is 1. The van der Waals surface area contributed by atoms with Gasteiger partial charge in [-0.25, -0.2) is 4.79 Å². The van der Waals surface area contributed by atoms with Crippen molar-refractivity contribution < 1.29 is 47.8 Å². The second-order valence-electron chi connectivity index (χ2n) is 12.6. The smallest absolute Gasteiger partial charge is 0.384 e. The summed E-state index contributed by atoms with van der Waals surface area (Å²) in [6.45, 7) is 1.59. The van der Waals surface area contributed by atoms with Crippen LogP contribution in [0, 0.1) is 11.8 Å². The van der Waals surface area contributed by atoms with Crippen molar-refractivity contribution in [1.82, 2.24) is 0 Å². The van der Waals surface area contributed by atoms with Gasteiger partial charge < -0.3 is 43.0 Å². The van der Waals surface area contributed by atoms with Gasteiger partial charge in [-0.05, 0) is 52.9 Å². The Bertz CT molecular complexity index is 1700. The highest BCUT2D eigenvalue weighted by molar-refractivity contribution is 5.88. The molecule has 53 heavy (non-hydrogen) atoms. The zero-order chi connectivity index (χ0) is 37.3. The van der Waals surface area contributed by atoms with E-state index in [2.05, 4.69) is 16.6 Å². The molecule has 1 N–H and O–H groups in total. The lowest BCUT2D eigenvalue weighted by Crippen LogP contribution is -2.60. The third-order valence-electron chi connectivity index (χ3n) is 8.86. The Hall–Kier alpha value is -4.73. The van der Waals surface area contributed by atoms with E-state index in [1.807, 2.05) is 109 Å². The third kappa shape index (κ3) is 12.4. The molecule has 10 nitrogen and oxygen atoms in total. The first kappa shape index (κ1) is 39.5. The van der Waals surface area contributed by atoms with Gasteiger partial charge in [-0.2, -0.15) is 0 Å². The summed E-state index contributed by atoms with van der Waals surface area (Å²) in [5.41, 5.74) is 3.89. The summed E-state index contributed by atoms with van der Waals surface area (Å²) < 4.78 is 48.4. The molecule has 0 saturated carbocycles. The summed E-state index contributed by atoms with van der Waals surface area (Å²) in [7, 11) is 4.49. The normalized spacial score (nSPS) is 20.1. The van der Waals surface area contributed by atoms with Gasteiger partial charge in [0.25, 0.3) is 0 Å². The molecule has 1 heterocycles. The van der Waals surface area contributed by atoms with Crippen molar-refractivity contribution in [2.24, 2.45) is 0 Å². The van der Waals surface area contributed by atoms with Crippen LogP contribution in [-0.4, -0.2) is 75.6 Å². The van der Waals surface area contributed by atoms with E-state index in [0.717, 1.165) is 33.8 Å². The zero-order valence-corrected chi connectivity index (χ0v) is 30.4. The highest BCUT2D eigenvalue weighted by Gasteiger charge is 2.48. The minimum Gasteiger partial charge on any atom is -0.497 e. The Morgan fingerprint density at radius 3 is 1.62 bits per heavy atom. The molecule has 280 valence electrons. The summed E-state index contributed by atoms with van der Waals surface area (Å²) >= 11 is 0. The molecule has 1 saturated heterocycles. The van der Waals surface area contributed by atoms with Gasteiger partial charge in [-0.1, -0.05) is 90.8 Å². The number of carbonyl (C=O) groups excluding carboxylic acids is 1. The van der Waals surface area contributed by atoms with E-state index in [0.29, 0.717) is 26.2 Å². The Morgan fingerprint density at radius 2 is 1.11 bits per heavy atom. The molecule has 0 unspecified atom stereocenters. The molecule has 6 atom stereocenters. The van der Waals surface area contributed by atoms with Crippen molar-refractivity contribution in [1.29, 1.82) is 0 Å². The van der Waals surface area contributed by atoms with Crippen LogP contribution < -0.4 is 9.47 Å². The van der Waals surface area contributed by atoms with Crippen LogP contribution in [0.1, 0.15) is 35.1 Å². The van der Waals surface area contributed by atoms with Gasteiger partial charge in [0.2, 0.25) is 0 Å². The van der Waals surface area contributed by atoms with Crippen molar-refractivity contribution in [3.8, 4) is 23.3 Å². The SMILES string of the molecule is COC(=O)C#C[C@H](O)C[C@H]1O[C@@H](CCOCc2ccc(OC)cc2)[C@H](OCc2ccccc2)[C@@H](OCc2ccccc2)[C@@H]1OCc1ccc(OC)cc1. The molecular formula is C43H48O10. The summed E-state index contributed by atoms with van der Waals surface area (Å²) in [6.07, 6.45) is -3.84. The lowest BCUT2D eigenvalue weighted by Gasteiger charge is -2.46. The second kappa shape index (κ2) is 21.1. The van der Waals surface area contributed by atoms with Crippen LogP contribution in [0.4, 0.5) is 0 Å². The topological polar surface area (TPSA) is 111 Å². The van der Waals surface area contributed by atoms with Crippen LogP contribution in [0.5, 0.6) is 11.5 Å². The standard InChI is InChI=1S/C43H48O10/c1-46-36-19-14-33(15-20-36)27-49-25-24-38-41(50-28-31-10-6-4-7-11-31)43(52-29-32-12-8-5-9-13-32)42(51-30-34-16-21-37(47-2)22-17-34)39(53-38)26-35(44)18-23-40(45)48-3/h4-17,19-22,35,38-39,41-44H,24-30H2,1-3H3/t35-,38-,39+,41-,42+,43+/m0/s1. The van der Waals surface area contributed by atoms with Crippen LogP contribution >= 0.6 is 0 Å². The van der Waals surface area contributed by atoms with E-state index in [-0.39, 0.29) is 19.6 Å². The predicted molar refractivity (Wildman–Crippen MR) is 198 cm³/mol. The third-order valence-corrected chi connectivity index (χ3v) is 8.86. The number of ether oxygens (including phenoxy) is 8. The number of hydrogen-bond acceptors (Lipinski definition) is 10. The molecule has 0 aromatic heterocycles. The minimum atomic E-state index is -1.21. The van der Waals surface area contributed by atoms with Crippen molar-refractivity contribution in [2.75, 3.05) is 27.9 Å². The molecule has 0 aliphatic carbocycles. The van der Waals surface area contributed by atoms with E-state index in [9.17, 15) is 9.90 Å². The first-order valence-corrected chi connectivity index (χ1v) is 17.6. The maximum atomic E-state index is 11.8. The van der Waals surface area contributed by atoms with E-state index in [1.54, 1.807) is 14.2 Å². The van der Waals surface area contributed by atoms with Gasteiger partial charge in [0.1, 0.15) is 35.9 Å². The molecule has 0 radical (unpaired) electrons. The summed E-state index contributed by atoms with van der Waals surface area (Å²) in [4.78, 5) is 11.8. The molecule has 4 aromatic carbocycles. The van der Waals surface area contributed by atoms with Crippen molar-refractivity contribution in [3.05, 3.63) is 131 Å². The first-order valence-electron chi connectivity index (χ1n) is 17.6. The van der Waals surface area contributed by atoms with E-state index < -0.39 is 42.6 Å². The highest BCUT2D eigenvalue weighted by Crippen LogP contribution is 2.34. The maximum Gasteiger partial charge on any atom is 0.384 e. The van der Waals surface area contributed by atoms with Gasteiger partial charge in [0.05, 0.1) is 60.0 Å². The Labute approximate surface area is 311 Å². The van der Waals surface area contributed by atoms with Crippen LogP contribution in [-0.2, 0) is 59.6 Å². The zero-order valence-electron chi connectivity index (χ0n) is 30.4. The maximum absolute atomic E-state index is 11.8. The predicted octanol–water partition coefficient (Wildman–Crippen LogP) is 6.06. The summed E-state index contributed by atoms with van der Waals surface area (Å²) in [5, 5.41) is 11.0. The van der Waals surface area contributed by atoms with Gasteiger partial charge in [0.15, 0.2) is 0 Å². The average molecular weight is 725 g/mol. The monoisotopic (exact) mass is 724 g/mol. The van der Waals surface area contributed by atoms with Gasteiger partial charge in [-0.3, -0.25) is 0 Å². The van der Waals surface area contributed by atoms with Crippen molar-refractivity contribution in [3.63, 3.8) is 0 Å². The molecule has 1 aliphatic heterocycles. The lowest BCUT2D eigenvalue weighted by molar-refractivity contribution is -0.270. The largest absolute Gasteiger partial charge is 0.497 e. The molecule has 10 heteroatoms. The van der Waals surface area contributed by atoms with Crippen molar-refractivity contribution >= 4 is 5.97 Å². The Kier molecular flexibility index (Phi) is 15.7. The van der Waals surface area contributed by atoms with Crippen molar-refractivity contribution in [2.45, 2.75) is 75.9 Å². The second-order valence-corrected chi connectivity index (χ2v) is 12.6. The molecule has 0 bridgehead atoms. The number of aliphatic hydroxyl groups excluding tert-OH is 1. The van der Waals surface area contributed by atoms with Gasteiger partial charge in [0, 0.05) is 18.9 Å². The van der Waals surface area contributed by atoms with Crippen LogP contribution in [0.3, 0.4) is 0 Å².